The van der Waals surface area contributed by atoms with Gasteiger partial charge in [0, 0.05) is 42.9 Å². The summed E-state index contributed by atoms with van der Waals surface area (Å²) in [7, 11) is 0. The average Bonchev–Trinajstić information content (AvgIpc) is 3.29. The van der Waals surface area contributed by atoms with Crippen molar-refractivity contribution in [3.63, 3.8) is 0 Å². The Labute approximate surface area is 143 Å². The number of hydrogen-bond donors (Lipinski definition) is 1. The van der Waals surface area contributed by atoms with Crippen molar-refractivity contribution in [3.8, 4) is 0 Å². The second-order valence-electron chi connectivity index (χ2n) is 7.11. The molecule has 126 valence electrons. The molecule has 2 aromatic rings. The Morgan fingerprint density at radius 2 is 2.21 bits per heavy atom. The van der Waals surface area contributed by atoms with Gasteiger partial charge < -0.3 is 9.88 Å². The Balaban J connectivity index is 1.38. The highest BCUT2D eigenvalue weighted by Crippen LogP contribution is 2.30. The molecule has 2 aromatic heterocycles. The number of carbonyl (C=O) groups is 1. The molecule has 2 aliphatic rings. The summed E-state index contributed by atoms with van der Waals surface area (Å²) in [5.74, 6) is 1.13. The van der Waals surface area contributed by atoms with Gasteiger partial charge in [-0.2, -0.15) is 0 Å². The van der Waals surface area contributed by atoms with E-state index in [1.807, 2.05) is 23.4 Å². The summed E-state index contributed by atoms with van der Waals surface area (Å²) in [6, 6.07) is 4.08. The quantitative estimate of drug-likeness (QED) is 0.919. The van der Waals surface area contributed by atoms with Crippen molar-refractivity contribution in [2.75, 3.05) is 13.1 Å². The number of nitrogens with zero attached hydrogens (tertiary/aromatic N) is 2. The molecule has 3 heterocycles. The highest BCUT2D eigenvalue weighted by molar-refractivity contribution is 5.91. The maximum Gasteiger partial charge on any atom is 0.222 e. The molecule has 1 aliphatic heterocycles. The molecule has 1 amide bonds. The van der Waals surface area contributed by atoms with Crippen LogP contribution in [0.4, 0.5) is 0 Å². The number of carbonyl (C=O) groups excluding carboxylic acids is 1. The lowest BCUT2D eigenvalue weighted by atomic mass is 9.98. The molecular weight excluding hydrogens is 298 g/mol. The number of H-pyrrole nitrogens is 1. The number of nitrogens with one attached hydrogen (secondary N) is 1. The summed E-state index contributed by atoms with van der Waals surface area (Å²) in [6.45, 7) is 1.58. The molecule has 1 saturated carbocycles. The molecule has 1 N–H and O–H groups in total. The van der Waals surface area contributed by atoms with Crippen LogP contribution in [0.5, 0.6) is 0 Å². The Kier molecular flexibility index (Phi) is 4.37. The number of amides is 1. The van der Waals surface area contributed by atoms with E-state index in [1.54, 1.807) is 0 Å². The number of hydrogen-bond acceptors (Lipinski definition) is 2. The Morgan fingerprint density at radius 1 is 1.33 bits per heavy atom. The Morgan fingerprint density at radius 3 is 3.00 bits per heavy atom. The zero-order valence-corrected chi connectivity index (χ0v) is 14.1. The minimum absolute atomic E-state index is 0.331. The van der Waals surface area contributed by atoms with Crippen LogP contribution in [0.3, 0.4) is 0 Å². The van der Waals surface area contributed by atoms with E-state index in [1.165, 1.54) is 42.2 Å². The first-order valence-corrected chi connectivity index (χ1v) is 9.20. The van der Waals surface area contributed by atoms with E-state index in [0.717, 1.165) is 43.9 Å². The van der Waals surface area contributed by atoms with E-state index in [4.69, 9.17) is 0 Å². The van der Waals surface area contributed by atoms with Gasteiger partial charge in [-0.25, -0.2) is 4.98 Å². The van der Waals surface area contributed by atoms with Gasteiger partial charge in [0.15, 0.2) is 0 Å². The fourth-order valence-electron chi connectivity index (χ4n) is 4.15. The zero-order chi connectivity index (χ0) is 16.4. The van der Waals surface area contributed by atoms with Crippen molar-refractivity contribution in [1.29, 1.82) is 0 Å². The largest absolute Gasteiger partial charge is 0.346 e. The molecule has 0 bridgehead atoms. The van der Waals surface area contributed by atoms with Crippen molar-refractivity contribution in [3.05, 3.63) is 36.2 Å². The van der Waals surface area contributed by atoms with Gasteiger partial charge in [0.25, 0.3) is 0 Å². The Bertz CT molecular complexity index is 755. The van der Waals surface area contributed by atoms with E-state index in [9.17, 15) is 4.79 Å². The third-order valence-electron chi connectivity index (χ3n) is 5.60. The monoisotopic (exact) mass is 323 g/mol. The van der Waals surface area contributed by atoms with Gasteiger partial charge in [-0.15, -0.1) is 0 Å². The van der Waals surface area contributed by atoms with Crippen molar-refractivity contribution >= 4 is 22.5 Å². The second-order valence-corrected chi connectivity index (χ2v) is 7.11. The first-order chi connectivity index (χ1) is 11.8. The number of fused-ring (bicyclic) bond motifs is 1. The molecule has 0 saturated heterocycles. The maximum absolute atomic E-state index is 12.4. The number of aromatic amines is 1. The second kappa shape index (κ2) is 6.80. The normalized spacial score (nSPS) is 19.0. The molecule has 1 fully saturated rings. The summed E-state index contributed by atoms with van der Waals surface area (Å²) in [4.78, 5) is 22.1. The van der Waals surface area contributed by atoms with Gasteiger partial charge in [-0.3, -0.25) is 4.79 Å². The predicted octanol–water partition coefficient (Wildman–Crippen LogP) is 4.15. The van der Waals surface area contributed by atoms with Crippen LogP contribution in [0.2, 0.25) is 0 Å². The molecule has 4 rings (SSSR count). The molecule has 4 heteroatoms. The van der Waals surface area contributed by atoms with Crippen molar-refractivity contribution in [2.24, 2.45) is 5.92 Å². The van der Waals surface area contributed by atoms with Crippen molar-refractivity contribution in [2.45, 2.75) is 44.9 Å². The molecule has 0 atom stereocenters. The smallest absolute Gasteiger partial charge is 0.222 e. The molecule has 24 heavy (non-hydrogen) atoms. The fraction of sp³-hybridized carbons (Fsp3) is 0.500. The van der Waals surface area contributed by atoms with Crippen molar-refractivity contribution < 1.29 is 4.79 Å². The lowest BCUT2D eigenvalue weighted by molar-refractivity contribution is -0.131. The van der Waals surface area contributed by atoms with Crippen LogP contribution in [-0.4, -0.2) is 33.9 Å². The van der Waals surface area contributed by atoms with E-state index in [0.29, 0.717) is 5.91 Å². The lowest BCUT2D eigenvalue weighted by Gasteiger charge is -2.27. The summed E-state index contributed by atoms with van der Waals surface area (Å²) in [5.41, 5.74) is 3.49. The molecule has 0 radical (unpaired) electrons. The van der Waals surface area contributed by atoms with Gasteiger partial charge >= 0.3 is 0 Å². The van der Waals surface area contributed by atoms with E-state index in [-0.39, 0.29) is 0 Å². The average molecular weight is 323 g/mol. The minimum atomic E-state index is 0.331. The molecule has 4 nitrogen and oxygen atoms in total. The molecule has 1 aliphatic carbocycles. The van der Waals surface area contributed by atoms with Gasteiger partial charge in [0.05, 0.1) is 0 Å². The Hall–Kier alpha value is -2.10. The maximum atomic E-state index is 12.4. The SMILES string of the molecule is O=C(CCC1CCCC1)N1CC=C(c2c[nH]c3ncccc23)CC1. The molecule has 0 aromatic carbocycles. The third-order valence-corrected chi connectivity index (χ3v) is 5.60. The number of rotatable bonds is 4. The first-order valence-electron chi connectivity index (χ1n) is 9.20. The molecule has 0 unspecified atom stereocenters. The van der Waals surface area contributed by atoms with E-state index in [2.05, 4.69) is 22.1 Å². The topological polar surface area (TPSA) is 49.0 Å². The van der Waals surface area contributed by atoms with Crippen LogP contribution in [-0.2, 0) is 4.79 Å². The molecular formula is C20H25N3O. The minimum Gasteiger partial charge on any atom is -0.346 e. The standard InChI is InChI=1S/C20H25N3O/c24-19(8-7-15-4-1-2-5-15)23-12-9-16(10-13-23)18-14-22-20-17(18)6-3-11-21-20/h3,6,9,11,14-15H,1-2,4-5,7-8,10,12-13H2,(H,21,22). The zero-order valence-electron chi connectivity index (χ0n) is 14.1. The summed E-state index contributed by atoms with van der Waals surface area (Å²) in [6.07, 6.45) is 14.2. The predicted molar refractivity (Wildman–Crippen MR) is 96.5 cm³/mol. The number of pyridine rings is 1. The van der Waals surface area contributed by atoms with Crippen LogP contribution < -0.4 is 0 Å². The highest BCUT2D eigenvalue weighted by Gasteiger charge is 2.21. The van der Waals surface area contributed by atoms with Gasteiger partial charge in [-0.1, -0.05) is 31.8 Å². The van der Waals surface area contributed by atoms with Gasteiger partial charge in [-0.05, 0) is 36.5 Å². The van der Waals surface area contributed by atoms with Crippen molar-refractivity contribution in [1.82, 2.24) is 14.9 Å². The highest BCUT2D eigenvalue weighted by atomic mass is 16.2. The summed E-state index contributed by atoms with van der Waals surface area (Å²) < 4.78 is 0. The first kappa shape index (κ1) is 15.4. The summed E-state index contributed by atoms with van der Waals surface area (Å²) in [5, 5.41) is 1.17. The van der Waals surface area contributed by atoms with Crippen LogP contribution >= 0.6 is 0 Å². The summed E-state index contributed by atoms with van der Waals surface area (Å²) >= 11 is 0. The van der Waals surface area contributed by atoms with Crippen LogP contribution in [0.25, 0.3) is 16.6 Å². The van der Waals surface area contributed by atoms with Crippen LogP contribution in [0.1, 0.15) is 50.5 Å². The van der Waals surface area contributed by atoms with E-state index < -0.39 is 0 Å². The van der Waals surface area contributed by atoms with E-state index >= 15 is 0 Å². The third kappa shape index (κ3) is 3.10. The lowest BCUT2D eigenvalue weighted by Crippen LogP contribution is -2.34. The van der Waals surface area contributed by atoms with Crippen LogP contribution in [0, 0.1) is 5.92 Å². The van der Waals surface area contributed by atoms with Gasteiger partial charge in [0.2, 0.25) is 5.91 Å². The fourth-order valence-corrected chi connectivity index (χ4v) is 4.15. The van der Waals surface area contributed by atoms with Gasteiger partial charge in [0.1, 0.15) is 5.65 Å². The molecule has 0 spiro atoms. The number of aromatic nitrogens is 2. The van der Waals surface area contributed by atoms with Crippen LogP contribution in [0.15, 0.2) is 30.6 Å².